The Hall–Kier alpha value is -2.55. The first kappa shape index (κ1) is 14.1. The molecule has 0 atom stereocenters. The number of hydrogen-bond donors (Lipinski definition) is 0. The second-order valence-electron chi connectivity index (χ2n) is 4.76. The van der Waals surface area contributed by atoms with Crippen molar-refractivity contribution in [2.45, 2.75) is 0 Å². The van der Waals surface area contributed by atoms with E-state index < -0.39 is 44.7 Å². The number of aromatic nitrogens is 2. The standard InChI is InChI=1S/C14H3F5N2OS/c15-5-2-8-9(3-6(5)16)21-13(22)4-1-7(17)10(18)11(19)12(4)23-14(21)20-8/h1-3H. The van der Waals surface area contributed by atoms with Gasteiger partial charge in [0.15, 0.2) is 34.0 Å². The molecule has 9 heteroatoms. The van der Waals surface area contributed by atoms with Crippen molar-refractivity contribution in [1.82, 2.24) is 9.38 Å². The molecule has 0 unspecified atom stereocenters. The number of imidazole rings is 1. The van der Waals surface area contributed by atoms with Gasteiger partial charge in [-0.05, 0) is 6.07 Å². The van der Waals surface area contributed by atoms with Gasteiger partial charge in [0.1, 0.15) is 0 Å². The van der Waals surface area contributed by atoms with Gasteiger partial charge in [-0.2, -0.15) is 0 Å². The number of benzene rings is 2. The zero-order valence-electron chi connectivity index (χ0n) is 10.8. The highest BCUT2D eigenvalue weighted by Crippen LogP contribution is 2.28. The number of hydrogen-bond acceptors (Lipinski definition) is 3. The Morgan fingerprint density at radius 2 is 1.61 bits per heavy atom. The summed E-state index contributed by atoms with van der Waals surface area (Å²) in [6.45, 7) is 0. The highest BCUT2D eigenvalue weighted by atomic mass is 32.1. The Labute approximate surface area is 127 Å². The van der Waals surface area contributed by atoms with Crippen LogP contribution in [0.15, 0.2) is 23.0 Å². The molecule has 2 aromatic carbocycles. The van der Waals surface area contributed by atoms with Gasteiger partial charge in [-0.3, -0.25) is 4.79 Å². The van der Waals surface area contributed by atoms with E-state index in [4.69, 9.17) is 0 Å². The van der Waals surface area contributed by atoms with E-state index in [-0.39, 0.29) is 16.0 Å². The third-order valence-electron chi connectivity index (χ3n) is 3.41. The molecule has 2 heterocycles. The summed E-state index contributed by atoms with van der Waals surface area (Å²) in [6, 6.07) is 2.12. The molecular weight excluding hydrogens is 339 g/mol. The van der Waals surface area contributed by atoms with Crippen LogP contribution in [0.2, 0.25) is 0 Å². The molecule has 0 aliphatic carbocycles. The van der Waals surface area contributed by atoms with Gasteiger partial charge in [-0.15, -0.1) is 0 Å². The van der Waals surface area contributed by atoms with Crippen LogP contribution >= 0.6 is 11.3 Å². The lowest BCUT2D eigenvalue weighted by atomic mass is 10.2. The van der Waals surface area contributed by atoms with Crippen molar-refractivity contribution in [2.24, 2.45) is 0 Å². The summed E-state index contributed by atoms with van der Waals surface area (Å²) in [5.74, 6) is -7.08. The quantitative estimate of drug-likeness (QED) is 0.360. The van der Waals surface area contributed by atoms with Gasteiger partial charge in [-0.25, -0.2) is 31.3 Å². The van der Waals surface area contributed by atoms with E-state index in [0.29, 0.717) is 17.4 Å². The van der Waals surface area contributed by atoms with Crippen LogP contribution in [0.1, 0.15) is 0 Å². The molecule has 0 fully saturated rings. The van der Waals surface area contributed by atoms with Crippen LogP contribution in [0, 0.1) is 29.1 Å². The Morgan fingerprint density at radius 1 is 0.913 bits per heavy atom. The predicted octanol–water partition coefficient (Wildman–Crippen LogP) is 3.76. The fourth-order valence-electron chi connectivity index (χ4n) is 2.36. The molecule has 0 spiro atoms. The van der Waals surface area contributed by atoms with Gasteiger partial charge in [0.2, 0.25) is 0 Å². The molecule has 4 aromatic rings. The lowest BCUT2D eigenvalue weighted by molar-refractivity contribution is 0.454. The molecule has 23 heavy (non-hydrogen) atoms. The maximum Gasteiger partial charge on any atom is 0.266 e. The molecular formula is C14H3F5N2OS. The molecule has 3 nitrogen and oxygen atoms in total. The Kier molecular flexibility index (Phi) is 2.74. The van der Waals surface area contributed by atoms with E-state index in [9.17, 15) is 26.7 Å². The van der Waals surface area contributed by atoms with Crippen molar-refractivity contribution in [3.8, 4) is 0 Å². The smallest absolute Gasteiger partial charge is 0.266 e. The monoisotopic (exact) mass is 342 g/mol. The van der Waals surface area contributed by atoms with Crippen LogP contribution in [-0.2, 0) is 0 Å². The number of rotatable bonds is 0. The van der Waals surface area contributed by atoms with Gasteiger partial charge in [-0.1, -0.05) is 11.3 Å². The lowest BCUT2D eigenvalue weighted by Gasteiger charge is -2.02. The van der Waals surface area contributed by atoms with Crippen LogP contribution in [0.3, 0.4) is 0 Å². The minimum atomic E-state index is -1.70. The molecule has 0 aliphatic heterocycles. The van der Waals surface area contributed by atoms with Crippen molar-refractivity contribution < 1.29 is 22.0 Å². The van der Waals surface area contributed by atoms with Gasteiger partial charge in [0.25, 0.3) is 5.56 Å². The van der Waals surface area contributed by atoms with Crippen LogP contribution in [0.25, 0.3) is 26.1 Å². The average Bonchev–Trinajstić information content (AvgIpc) is 2.85. The first-order chi connectivity index (χ1) is 10.9. The third kappa shape index (κ3) is 1.79. The average molecular weight is 342 g/mol. The molecule has 2 aromatic heterocycles. The fourth-order valence-corrected chi connectivity index (χ4v) is 3.40. The second-order valence-corrected chi connectivity index (χ2v) is 5.73. The summed E-state index contributed by atoms with van der Waals surface area (Å²) in [5.41, 5.74) is -0.985. The zero-order chi connectivity index (χ0) is 16.5. The van der Waals surface area contributed by atoms with Crippen molar-refractivity contribution in [1.29, 1.82) is 0 Å². The summed E-state index contributed by atoms with van der Waals surface area (Å²) in [7, 11) is 0. The third-order valence-corrected chi connectivity index (χ3v) is 4.47. The van der Waals surface area contributed by atoms with Gasteiger partial charge < -0.3 is 0 Å². The van der Waals surface area contributed by atoms with E-state index in [2.05, 4.69) is 4.98 Å². The molecule has 0 saturated heterocycles. The Morgan fingerprint density at radius 3 is 2.35 bits per heavy atom. The summed E-state index contributed by atoms with van der Waals surface area (Å²) < 4.78 is 67.7. The van der Waals surface area contributed by atoms with Crippen LogP contribution < -0.4 is 5.56 Å². The highest BCUT2D eigenvalue weighted by Gasteiger charge is 2.20. The normalized spacial score (nSPS) is 11.9. The van der Waals surface area contributed by atoms with E-state index in [1.165, 1.54) is 0 Å². The first-order valence-electron chi connectivity index (χ1n) is 6.16. The molecule has 116 valence electrons. The van der Waals surface area contributed by atoms with Crippen molar-refractivity contribution >= 4 is 37.4 Å². The zero-order valence-corrected chi connectivity index (χ0v) is 11.6. The van der Waals surface area contributed by atoms with Crippen molar-refractivity contribution in [2.75, 3.05) is 0 Å². The summed E-state index contributed by atoms with van der Waals surface area (Å²) in [5, 5.41) is -0.414. The maximum atomic E-state index is 13.9. The minimum Gasteiger partial charge on any atom is -0.268 e. The van der Waals surface area contributed by atoms with Gasteiger partial charge in [0, 0.05) is 12.1 Å². The second kappa shape index (κ2) is 4.48. The molecule has 0 N–H and O–H groups in total. The molecule has 0 amide bonds. The Bertz CT molecular complexity index is 1200. The lowest BCUT2D eigenvalue weighted by Crippen LogP contribution is -2.13. The van der Waals surface area contributed by atoms with E-state index in [0.717, 1.165) is 16.5 Å². The Balaban J connectivity index is 2.30. The highest BCUT2D eigenvalue weighted by molar-refractivity contribution is 7.23. The minimum absolute atomic E-state index is 0.0334. The van der Waals surface area contributed by atoms with Crippen molar-refractivity contribution in [3.63, 3.8) is 0 Å². The molecule has 4 rings (SSSR count). The summed E-state index contributed by atoms with van der Waals surface area (Å²) >= 11 is 0.578. The molecule has 0 radical (unpaired) electrons. The largest absolute Gasteiger partial charge is 0.268 e. The summed E-state index contributed by atoms with van der Waals surface area (Å²) in [6.07, 6.45) is 0. The van der Waals surface area contributed by atoms with E-state index >= 15 is 0 Å². The maximum absolute atomic E-state index is 13.9. The van der Waals surface area contributed by atoms with Crippen LogP contribution in [0.5, 0.6) is 0 Å². The van der Waals surface area contributed by atoms with Gasteiger partial charge in [0.05, 0.1) is 21.1 Å². The topological polar surface area (TPSA) is 34.4 Å². The first-order valence-corrected chi connectivity index (χ1v) is 6.97. The van der Waals surface area contributed by atoms with E-state index in [1.807, 2.05) is 0 Å². The molecule has 0 bridgehead atoms. The molecule has 0 aliphatic rings. The number of nitrogens with zero attached hydrogens (tertiary/aromatic N) is 2. The number of halogens is 5. The van der Waals surface area contributed by atoms with Gasteiger partial charge >= 0.3 is 0 Å². The fraction of sp³-hybridized carbons (Fsp3) is 0. The SMILES string of the molecule is O=c1c2cc(F)c(F)c(F)c2sc2nc3cc(F)c(F)cc3n12. The summed E-state index contributed by atoms with van der Waals surface area (Å²) in [4.78, 5) is 16.3. The van der Waals surface area contributed by atoms with E-state index in [1.54, 1.807) is 0 Å². The predicted molar refractivity (Wildman–Crippen MR) is 74.1 cm³/mol. The van der Waals surface area contributed by atoms with Crippen LogP contribution in [0.4, 0.5) is 22.0 Å². The van der Waals surface area contributed by atoms with Crippen LogP contribution in [-0.4, -0.2) is 9.38 Å². The number of fused-ring (bicyclic) bond motifs is 4. The molecule has 0 saturated carbocycles. The van der Waals surface area contributed by atoms with Crippen molar-refractivity contribution in [3.05, 3.63) is 57.6 Å².